The van der Waals surface area contributed by atoms with Crippen LogP contribution in [0.5, 0.6) is 0 Å². The summed E-state index contributed by atoms with van der Waals surface area (Å²) in [6.07, 6.45) is 3.77. The SMILES string of the molecule is CNc1nc(N2CCCCC2)nc(N2CCSC(C)C2)n1. The molecule has 0 bridgehead atoms. The Morgan fingerprint density at radius 2 is 1.71 bits per heavy atom. The zero-order valence-corrected chi connectivity index (χ0v) is 13.7. The van der Waals surface area contributed by atoms with E-state index in [9.17, 15) is 0 Å². The summed E-state index contributed by atoms with van der Waals surface area (Å²) in [5, 5.41) is 3.71. The van der Waals surface area contributed by atoms with Crippen LogP contribution >= 0.6 is 11.8 Å². The maximum Gasteiger partial charge on any atom is 0.232 e. The van der Waals surface area contributed by atoms with Crippen LogP contribution < -0.4 is 15.1 Å². The van der Waals surface area contributed by atoms with Gasteiger partial charge in [-0.15, -0.1) is 0 Å². The van der Waals surface area contributed by atoms with Crippen molar-refractivity contribution in [3.63, 3.8) is 0 Å². The van der Waals surface area contributed by atoms with Gasteiger partial charge < -0.3 is 15.1 Å². The minimum absolute atomic E-state index is 0.631. The zero-order chi connectivity index (χ0) is 14.7. The highest BCUT2D eigenvalue weighted by atomic mass is 32.2. The third-order valence-electron chi connectivity index (χ3n) is 4.00. The molecule has 1 atom stereocenters. The minimum Gasteiger partial charge on any atom is -0.357 e. The minimum atomic E-state index is 0.631. The number of rotatable bonds is 3. The standard InChI is InChI=1S/C14H24N6S/c1-11-10-20(8-9-21-11)14-17-12(15-2)16-13(18-14)19-6-4-3-5-7-19/h11H,3-10H2,1-2H3,(H,15,16,17,18). The maximum atomic E-state index is 4.74. The van der Waals surface area contributed by atoms with E-state index >= 15 is 0 Å². The van der Waals surface area contributed by atoms with Crippen LogP contribution in [0.25, 0.3) is 0 Å². The summed E-state index contributed by atoms with van der Waals surface area (Å²) >= 11 is 2.02. The van der Waals surface area contributed by atoms with Crippen LogP contribution in [0.1, 0.15) is 26.2 Å². The van der Waals surface area contributed by atoms with Crippen molar-refractivity contribution in [3.05, 3.63) is 0 Å². The second kappa shape index (κ2) is 6.68. The molecule has 0 saturated carbocycles. The molecule has 1 aromatic heterocycles. The lowest BCUT2D eigenvalue weighted by atomic mass is 10.1. The molecule has 1 unspecified atom stereocenters. The van der Waals surface area contributed by atoms with Crippen molar-refractivity contribution in [2.75, 3.05) is 54.1 Å². The summed E-state index contributed by atoms with van der Waals surface area (Å²) in [6.45, 7) is 6.40. The van der Waals surface area contributed by atoms with Gasteiger partial charge in [-0.25, -0.2) is 0 Å². The lowest BCUT2D eigenvalue weighted by Gasteiger charge is -2.32. The lowest BCUT2D eigenvalue weighted by molar-refractivity contribution is 0.567. The molecule has 2 aliphatic rings. The molecule has 6 nitrogen and oxygen atoms in total. The molecular formula is C14H24N6S. The van der Waals surface area contributed by atoms with Crippen LogP contribution in [-0.4, -0.2) is 59.2 Å². The Balaban J connectivity index is 1.85. The first-order valence-corrected chi connectivity index (χ1v) is 8.86. The van der Waals surface area contributed by atoms with Crippen LogP contribution in [0, 0.1) is 0 Å². The van der Waals surface area contributed by atoms with Crippen molar-refractivity contribution in [2.45, 2.75) is 31.4 Å². The number of aromatic nitrogens is 3. The first-order chi connectivity index (χ1) is 10.3. The van der Waals surface area contributed by atoms with Gasteiger partial charge in [0, 0.05) is 44.2 Å². The van der Waals surface area contributed by atoms with Gasteiger partial charge in [0.05, 0.1) is 0 Å². The van der Waals surface area contributed by atoms with Crippen LogP contribution in [0.2, 0.25) is 0 Å². The van der Waals surface area contributed by atoms with E-state index in [1.807, 2.05) is 18.8 Å². The molecule has 1 aromatic rings. The van der Waals surface area contributed by atoms with Gasteiger partial charge in [-0.3, -0.25) is 0 Å². The van der Waals surface area contributed by atoms with Crippen molar-refractivity contribution >= 4 is 29.6 Å². The smallest absolute Gasteiger partial charge is 0.232 e. The summed E-state index contributed by atoms with van der Waals surface area (Å²) < 4.78 is 0. The van der Waals surface area contributed by atoms with E-state index in [-0.39, 0.29) is 0 Å². The number of thioether (sulfide) groups is 1. The third kappa shape index (κ3) is 3.51. The van der Waals surface area contributed by atoms with Gasteiger partial charge in [0.25, 0.3) is 0 Å². The van der Waals surface area contributed by atoms with Gasteiger partial charge in [0.15, 0.2) is 0 Å². The average molecular weight is 308 g/mol. The van der Waals surface area contributed by atoms with Crippen molar-refractivity contribution in [1.82, 2.24) is 15.0 Å². The highest BCUT2D eigenvalue weighted by Gasteiger charge is 2.22. The molecule has 1 N–H and O–H groups in total. The van der Waals surface area contributed by atoms with E-state index in [0.717, 1.165) is 43.8 Å². The molecule has 2 aliphatic heterocycles. The predicted octanol–water partition coefficient (Wildman–Crippen LogP) is 1.85. The van der Waals surface area contributed by atoms with Gasteiger partial charge in [0.2, 0.25) is 17.8 Å². The molecule has 0 radical (unpaired) electrons. The Bertz CT molecular complexity index is 477. The number of hydrogen-bond acceptors (Lipinski definition) is 7. The Kier molecular flexibility index (Phi) is 4.67. The fraction of sp³-hybridized carbons (Fsp3) is 0.786. The van der Waals surface area contributed by atoms with E-state index in [1.54, 1.807) is 0 Å². The molecule has 2 saturated heterocycles. The number of anilines is 3. The van der Waals surface area contributed by atoms with E-state index in [4.69, 9.17) is 4.98 Å². The van der Waals surface area contributed by atoms with Gasteiger partial charge in [0.1, 0.15) is 0 Å². The van der Waals surface area contributed by atoms with Crippen LogP contribution in [0.4, 0.5) is 17.8 Å². The summed E-state index contributed by atoms with van der Waals surface area (Å²) in [6, 6.07) is 0. The zero-order valence-electron chi connectivity index (χ0n) is 12.9. The van der Waals surface area contributed by atoms with E-state index in [0.29, 0.717) is 11.2 Å². The Labute approximate surface area is 130 Å². The molecule has 7 heteroatoms. The summed E-state index contributed by atoms with van der Waals surface area (Å²) in [4.78, 5) is 18.4. The molecule has 3 heterocycles. The van der Waals surface area contributed by atoms with Crippen LogP contribution in [0.15, 0.2) is 0 Å². The van der Waals surface area contributed by atoms with Crippen molar-refractivity contribution < 1.29 is 0 Å². The van der Waals surface area contributed by atoms with E-state index in [1.165, 1.54) is 19.3 Å². The van der Waals surface area contributed by atoms with E-state index < -0.39 is 0 Å². The molecule has 116 valence electrons. The largest absolute Gasteiger partial charge is 0.357 e. The highest BCUT2D eigenvalue weighted by molar-refractivity contribution is 8.00. The van der Waals surface area contributed by atoms with Crippen molar-refractivity contribution in [2.24, 2.45) is 0 Å². The first-order valence-electron chi connectivity index (χ1n) is 7.81. The molecular weight excluding hydrogens is 284 g/mol. The summed E-state index contributed by atoms with van der Waals surface area (Å²) in [5.41, 5.74) is 0. The summed E-state index contributed by atoms with van der Waals surface area (Å²) in [7, 11) is 1.87. The highest BCUT2D eigenvalue weighted by Crippen LogP contribution is 2.24. The fourth-order valence-corrected chi connectivity index (χ4v) is 3.86. The summed E-state index contributed by atoms with van der Waals surface area (Å²) in [5.74, 6) is 3.46. The maximum absolute atomic E-state index is 4.74. The average Bonchev–Trinajstić information content (AvgIpc) is 2.55. The van der Waals surface area contributed by atoms with Gasteiger partial charge in [-0.1, -0.05) is 6.92 Å². The molecule has 0 spiro atoms. The Hall–Kier alpha value is -1.24. The number of nitrogens with zero attached hydrogens (tertiary/aromatic N) is 5. The molecule has 0 aliphatic carbocycles. The van der Waals surface area contributed by atoms with Crippen molar-refractivity contribution in [3.8, 4) is 0 Å². The monoisotopic (exact) mass is 308 g/mol. The lowest BCUT2D eigenvalue weighted by Crippen LogP contribution is -2.38. The molecule has 3 rings (SSSR count). The molecule has 0 aromatic carbocycles. The van der Waals surface area contributed by atoms with Crippen LogP contribution in [0.3, 0.4) is 0 Å². The van der Waals surface area contributed by atoms with Gasteiger partial charge in [-0.05, 0) is 19.3 Å². The van der Waals surface area contributed by atoms with Gasteiger partial charge in [-0.2, -0.15) is 26.7 Å². The van der Waals surface area contributed by atoms with Crippen molar-refractivity contribution in [1.29, 1.82) is 0 Å². The number of piperidine rings is 1. The molecule has 2 fully saturated rings. The number of nitrogens with one attached hydrogen (secondary N) is 1. The second-order valence-corrected chi connectivity index (χ2v) is 7.23. The fourth-order valence-electron chi connectivity index (χ4n) is 2.84. The predicted molar refractivity (Wildman–Crippen MR) is 89.6 cm³/mol. The van der Waals surface area contributed by atoms with Crippen LogP contribution in [-0.2, 0) is 0 Å². The second-order valence-electron chi connectivity index (χ2n) is 5.68. The molecule has 0 amide bonds. The Morgan fingerprint density at radius 1 is 1.00 bits per heavy atom. The van der Waals surface area contributed by atoms with Gasteiger partial charge >= 0.3 is 0 Å². The van der Waals surface area contributed by atoms with E-state index in [2.05, 4.69) is 32.0 Å². The Morgan fingerprint density at radius 3 is 2.38 bits per heavy atom. The topological polar surface area (TPSA) is 57.2 Å². The molecule has 21 heavy (non-hydrogen) atoms. The number of hydrogen-bond donors (Lipinski definition) is 1. The quantitative estimate of drug-likeness (QED) is 0.914. The third-order valence-corrected chi connectivity index (χ3v) is 5.13. The normalized spacial score (nSPS) is 23.2. The first kappa shape index (κ1) is 14.7.